The Morgan fingerprint density at radius 1 is 0.697 bits per heavy atom. The predicted molar refractivity (Wildman–Crippen MR) is 136 cm³/mol. The normalized spacial score (nSPS) is 16.3. The van der Waals surface area contributed by atoms with Gasteiger partial charge in [0.2, 0.25) is 0 Å². The molecular formula is C27H17N3O2S. The summed E-state index contributed by atoms with van der Waals surface area (Å²) in [5.74, 6) is 0.701. The fourth-order valence-corrected chi connectivity index (χ4v) is 4.85. The molecule has 7 rings (SSSR count). The second kappa shape index (κ2) is 6.98. The average molecular weight is 448 g/mol. The lowest BCUT2D eigenvalue weighted by molar-refractivity contribution is 0.662. The number of amidine groups is 2. The number of fused-ring (bicyclic) bond motifs is 6. The Balaban J connectivity index is 1.34. The van der Waals surface area contributed by atoms with Crippen molar-refractivity contribution in [2.75, 3.05) is 0 Å². The van der Waals surface area contributed by atoms with Crippen LogP contribution in [-0.2, 0) is 0 Å². The molecule has 6 heteroatoms. The molecule has 5 nitrogen and oxygen atoms in total. The molecule has 158 valence electrons. The average Bonchev–Trinajstić information content (AvgIpc) is 3.41. The highest BCUT2D eigenvalue weighted by molar-refractivity contribution is 7.97. The van der Waals surface area contributed by atoms with E-state index >= 15 is 0 Å². The van der Waals surface area contributed by atoms with Crippen LogP contribution in [0.25, 0.3) is 43.9 Å². The molecule has 1 atom stereocenters. The summed E-state index contributed by atoms with van der Waals surface area (Å²) >= 11 is 4.52. The molecular weight excluding hydrogens is 430 g/mol. The van der Waals surface area contributed by atoms with Crippen molar-refractivity contribution in [3.8, 4) is 0 Å². The van der Waals surface area contributed by atoms with E-state index in [9.17, 15) is 0 Å². The third-order valence-electron chi connectivity index (χ3n) is 6.11. The standard InChI is InChI=1S/C27H17N3O2S/c33-27-29-25(15-12-13-17-16-6-1-3-9-20(16)32-23(17)14-15)28-26(30-27)19-8-5-11-22-24(19)18-7-2-4-10-21(18)31-22/h1-14,26H,(H2,28,29,30,33). The van der Waals surface area contributed by atoms with E-state index in [-0.39, 0.29) is 6.17 Å². The molecule has 6 aromatic rings. The lowest BCUT2D eigenvalue weighted by Gasteiger charge is -2.22. The van der Waals surface area contributed by atoms with Gasteiger partial charge in [0, 0.05) is 32.7 Å². The zero-order chi connectivity index (χ0) is 21.9. The topological polar surface area (TPSA) is 63.0 Å². The molecule has 2 aromatic heterocycles. The maximum atomic E-state index is 6.07. The summed E-state index contributed by atoms with van der Waals surface area (Å²) in [5, 5.41) is 8.20. The minimum Gasteiger partial charge on any atom is -0.456 e. The SMILES string of the molecule is SC1=NC(c2cccc3oc4ccccc4c23)NC(c2ccc3c(c2)oc2ccccc23)=N1. The number of rotatable bonds is 2. The summed E-state index contributed by atoms with van der Waals surface area (Å²) in [6.07, 6.45) is -0.346. The second-order valence-corrected chi connectivity index (χ2v) is 8.46. The van der Waals surface area contributed by atoms with E-state index in [1.54, 1.807) is 0 Å². The van der Waals surface area contributed by atoms with Crippen molar-refractivity contribution in [3.63, 3.8) is 0 Å². The number of benzene rings is 4. The van der Waals surface area contributed by atoms with Crippen LogP contribution in [0, 0.1) is 0 Å². The summed E-state index contributed by atoms with van der Waals surface area (Å²) in [7, 11) is 0. The Morgan fingerprint density at radius 3 is 2.27 bits per heavy atom. The van der Waals surface area contributed by atoms with E-state index in [1.807, 2.05) is 60.7 Å². The van der Waals surface area contributed by atoms with Crippen LogP contribution in [0.2, 0.25) is 0 Å². The first-order valence-corrected chi connectivity index (χ1v) is 11.1. The van der Waals surface area contributed by atoms with Gasteiger partial charge in [0.15, 0.2) is 5.17 Å². The van der Waals surface area contributed by atoms with E-state index in [2.05, 4.69) is 52.2 Å². The first-order chi connectivity index (χ1) is 16.2. The van der Waals surface area contributed by atoms with E-state index in [0.717, 1.165) is 55.0 Å². The van der Waals surface area contributed by atoms with Crippen molar-refractivity contribution >= 4 is 67.5 Å². The minimum atomic E-state index is -0.346. The molecule has 1 aliphatic heterocycles. The number of aliphatic imine (C=N–C) groups is 2. The van der Waals surface area contributed by atoms with Gasteiger partial charge in [-0.05, 0) is 30.3 Å². The monoisotopic (exact) mass is 447 g/mol. The maximum absolute atomic E-state index is 6.07. The number of hydrogen-bond acceptors (Lipinski definition) is 5. The van der Waals surface area contributed by atoms with Gasteiger partial charge in [0.1, 0.15) is 34.3 Å². The fourth-order valence-electron chi connectivity index (χ4n) is 4.64. The van der Waals surface area contributed by atoms with Gasteiger partial charge in [-0.25, -0.2) is 9.98 Å². The summed E-state index contributed by atoms with van der Waals surface area (Å²) < 4.78 is 12.1. The smallest absolute Gasteiger partial charge is 0.184 e. The van der Waals surface area contributed by atoms with Gasteiger partial charge < -0.3 is 14.2 Å². The Morgan fingerprint density at radius 2 is 1.39 bits per heavy atom. The van der Waals surface area contributed by atoms with Crippen molar-refractivity contribution in [1.82, 2.24) is 5.32 Å². The number of nitrogens with zero attached hydrogens (tertiary/aromatic N) is 2. The lowest BCUT2D eigenvalue weighted by atomic mass is 10.0. The van der Waals surface area contributed by atoms with Crippen LogP contribution < -0.4 is 5.32 Å². The second-order valence-electron chi connectivity index (χ2n) is 8.06. The number of para-hydroxylation sites is 2. The number of nitrogens with one attached hydrogen (secondary N) is 1. The van der Waals surface area contributed by atoms with E-state index < -0.39 is 0 Å². The fraction of sp³-hybridized carbons (Fsp3) is 0.0370. The molecule has 1 aliphatic rings. The quantitative estimate of drug-likeness (QED) is 0.286. The van der Waals surface area contributed by atoms with Crippen molar-refractivity contribution in [2.45, 2.75) is 6.17 Å². The van der Waals surface area contributed by atoms with E-state index in [4.69, 9.17) is 8.83 Å². The molecule has 0 saturated heterocycles. The van der Waals surface area contributed by atoms with Gasteiger partial charge in [-0.1, -0.05) is 54.6 Å². The molecule has 0 saturated carbocycles. The molecule has 33 heavy (non-hydrogen) atoms. The zero-order valence-corrected chi connectivity index (χ0v) is 18.2. The molecule has 0 bridgehead atoms. The molecule has 4 aromatic carbocycles. The Labute approximate surface area is 193 Å². The van der Waals surface area contributed by atoms with Gasteiger partial charge in [-0.2, -0.15) is 0 Å². The van der Waals surface area contributed by atoms with E-state index in [0.29, 0.717) is 11.0 Å². The number of thiol groups is 1. The van der Waals surface area contributed by atoms with Crippen molar-refractivity contribution < 1.29 is 8.83 Å². The van der Waals surface area contributed by atoms with Crippen LogP contribution in [0.3, 0.4) is 0 Å². The van der Waals surface area contributed by atoms with Crippen LogP contribution in [0.4, 0.5) is 0 Å². The number of hydrogen-bond donors (Lipinski definition) is 2. The minimum absolute atomic E-state index is 0.346. The first kappa shape index (κ1) is 18.5. The van der Waals surface area contributed by atoms with Gasteiger partial charge in [0.25, 0.3) is 0 Å². The Bertz CT molecular complexity index is 1780. The third-order valence-corrected chi connectivity index (χ3v) is 6.33. The largest absolute Gasteiger partial charge is 0.456 e. The van der Waals surface area contributed by atoms with Crippen molar-refractivity contribution in [1.29, 1.82) is 0 Å². The highest BCUT2D eigenvalue weighted by Gasteiger charge is 2.23. The maximum Gasteiger partial charge on any atom is 0.184 e. The summed E-state index contributed by atoms with van der Waals surface area (Å²) in [6, 6.07) is 28.3. The van der Waals surface area contributed by atoms with Gasteiger partial charge in [0.05, 0.1) is 0 Å². The predicted octanol–water partition coefficient (Wildman–Crippen LogP) is 6.82. The molecule has 1 unspecified atom stereocenters. The Kier molecular flexibility index (Phi) is 3.92. The summed E-state index contributed by atoms with van der Waals surface area (Å²) in [5.41, 5.74) is 5.31. The van der Waals surface area contributed by atoms with Crippen LogP contribution in [0.5, 0.6) is 0 Å². The zero-order valence-electron chi connectivity index (χ0n) is 17.3. The first-order valence-electron chi connectivity index (χ1n) is 10.7. The lowest BCUT2D eigenvalue weighted by Crippen LogP contribution is -2.32. The molecule has 0 amide bonds. The Hall–Kier alpha value is -4.03. The van der Waals surface area contributed by atoms with Gasteiger partial charge >= 0.3 is 0 Å². The van der Waals surface area contributed by atoms with Crippen molar-refractivity contribution in [2.24, 2.45) is 9.98 Å². The highest BCUT2D eigenvalue weighted by Crippen LogP contribution is 2.35. The summed E-state index contributed by atoms with van der Waals surface area (Å²) in [4.78, 5) is 9.25. The molecule has 0 aliphatic carbocycles. The highest BCUT2D eigenvalue weighted by atomic mass is 32.1. The summed E-state index contributed by atoms with van der Waals surface area (Å²) in [6.45, 7) is 0. The molecule has 3 heterocycles. The molecule has 0 spiro atoms. The van der Waals surface area contributed by atoms with Crippen molar-refractivity contribution in [3.05, 3.63) is 96.1 Å². The third kappa shape index (κ3) is 2.88. The van der Waals surface area contributed by atoms with Crippen LogP contribution in [-0.4, -0.2) is 11.0 Å². The van der Waals surface area contributed by atoms with Crippen LogP contribution in [0.15, 0.2) is 104 Å². The van der Waals surface area contributed by atoms with Gasteiger partial charge in [-0.15, -0.1) is 12.6 Å². The molecule has 0 radical (unpaired) electrons. The van der Waals surface area contributed by atoms with Crippen LogP contribution in [0.1, 0.15) is 17.3 Å². The molecule has 0 fully saturated rings. The molecule has 1 N–H and O–H groups in total. The van der Waals surface area contributed by atoms with E-state index in [1.165, 1.54) is 0 Å². The number of furan rings is 2. The van der Waals surface area contributed by atoms with Crippen LogP contribution >= 0.6 is 12.6 Å². The van der Waals surface area contributed by atoms with Gasteiger partial charge in [-0.3, -0.25) is 0 Å².